The van der Waals surface area contributed by atoms with Crippen molar-refractivity contribution in [1.82, 2.24) is 4.98 Å². The number of methoxy groups -OCH3 is 1. The van der Waals surface area contributed by atoms with E-state index >= 15 is 0 Å². The van der Waals surface area contributed by atoms with Crippen molar-refractivity contribution in [2.75, 3.05) is 7.11 Å². The molecule has 1 aromatic heterocycles. The minimum atomic E-state index is -3.69. The Morgan fingerprint density at radius 1 is 0.853 bits per heavy atom. The number of hydrogen-bond acceptors (Lipinski definition) is 3. The van der Waals surface area contributed by atoms with Crippen LogP contribution in [0.1, 0.15) is 64.9 Å². The van der Waals surface area contributed by atoms with Crippen molar-refractivity contribution >= 4 is 42.7 Å². The SMILES string of the molecule is CCC[CH2][Sn]([CH2]CCC)([CH2]CCC)[c]1c(S(=O)(=O)c2ccc(C)cc2)[nH]c2cccc(OC)c12. The van der Waals surface area contributed by atoms with Crippen LogP contribution in [0.4, 0.5) is 0 Å². The number of aromatic amines is 1. The van der Waals surface area contributed by atoms with Gasteiger partial charge in [-0.15, -0.1) is 0 Å². The van der Waals surface area contributed by atoms with E-state index in [-0.39, 0.29) is 0 Å². The first-order chi connectivity index (χ1) is 16.3. The molecule has 0 aliphatic rings. The fourth-order valence-electron chi connectivity index (χ4n) is 5.20. The Hall–Kier alpha value is -1.47. The van der Waals surface area contributed by atoms with E-state index in [1.807, 2.05) is 37.3 Å². The molecular weight excluding hydrogens is 549 g/mol. The van der Waals surface area contributed by atoms with E-state index in [2.05, 4.69) is 25.8 Å². The average Bonchev–Trinajstić information content (AvgIpc) is 3.25. The van der Waals surface area contributed by atoms with Gasteiger partial charge in [0.25, 0.3) is 0 Å². The summed E-state index contributed by atoms with van der Waals surface area (Å²) in [5, 5.41) is 1.46. The maximum atomic E-state index is 14.2. The van der Waals surface area contributed by atoms with Gasteiger partial charge in [-0.05, 0) is 0 Å². The second-order valence-electron chi connectivity index (χ2n) is 9.62. The zero-order valence-corrected chi connectivity index (χ0v) is 25.2. The van der Waals surface area contributed by atoms with Crippen LogP contribution in [0.2, 0.25) is 13.3 Å². The van der Waals surface area contributed by atoms with Crippen LogP contribution in [0.3, 0.4) is 0 Å². The van der Waals surface area contributed by atoms with Crippen LogP contribution in [0, 0.1) is 6.92 Å². The van der Waals surface area contributed by atoms with E-state index in [4.69, 9.17) is 4.74 Å². The molecule has 3 rings (SSSR count). The molecule has 0 atom stereocenters. The summed E-state index contributed by atoms with van der Waals surface area (Å²) < 4.78 is 38.9. The van der Waals surface area contributed by atoms with E-state index in [1.165, 1.54) is 13.3 Å². The predicted molar refractivity (Wildman–Crippen MR) is 146 cm³/mol. The first-order valence-corrected chi connectivity index (χ1v) is 21.8. The number of H-pyrrole nitrogens is 1. The van der Waals surface area contributed by atoms with Gasteiger partial charge in [-0.25, -0.2) is 0 Å². The van der Waals surface area contributed by atoms with Crippen LogP contribution in [0.15, 0.2) is 52.4 Å². The third-order valence-electron chi connectivity index (χ3n) is 7.13. The van der Waals surface area contributed by atoms with Crippen LogP contribution in [0.5, 0.6) is 5.75 Å². The Morgan fingerprint density at radius 2 is 1.41 bits per heavy atom. The molecule has 0 amide bonds. The molecule has 0 unspecified atom stereocenters. The molecule has 0 bridgehead atoms. The molecule has 0 aliphatic carbocycles. The van der Waals surface area contributed by atoms with Crippen molar-refractivity contribution < 1.29 is 13.2 Å². The molecule has 2 aromatic carbocycles. The van der Waals surface area contributed by atoms with Gasteiger partial charge in [0.2, 0.25) is 0 Å². The second kappa shape index (κ2) is 12.0. The number of fused-ring (bicyclic) bond motifs is 1. The van der Waals surface area contributed by atoms with Gasteiger partial charge >= 0.3 is 211 Å². The van der Waals surface area contributed by atoms with Crippen molar-refractivity contribution in [2.24, 2.45) is 0 Å². The van der Waals surface area contributed by atoms with Gasteiger partial charge in [-0.3, -0.25) is 0 Å². The molecule has 186 valence electrons. The number of rotatable bonds is 13. The molecule has 6 heteroatoms. The van der Waals surface area contributed by atoms with Gasteiger partial charge in [-0.2, -0.15) is 0 Å². The first kappa shape index (κ1) is 27.1. The third-order valence-corrected chi connectivity index (χ3v) is 25.1. The second-order valence-corrected chi connectivity index (χ2v) is 24.5. The van der Waals surface area contributed by atoms with Crippen LogP contribution in [0.25, 0.3) is 10.9 Å². The van der Waals surface area contributed by atoms with Crippen molar-refractivity contribution in [1.29, 1.82) is 0 Å². The fraction of sp³-hybridized carbons (Fsp3) is 0.500. The Kier molecular flexibility index (Phi) is 9.56. The number of aryl methyl sites for hydroxylation is 1. The molecule has 0 spiro atoms. The van der Waals surface area contributed by atoms with Gasteiger partial charge in [0.05, 0.1) is 0 Å². The summed E-state index contributed by atoms with van der Waals surface area (Å²) in [5.74, 6) is 0.791. The Bertz CT molecular complexity index is 1160. The monoisotopic (exact) mass is 591 g/mol. The molecule has 0 aliphatic heterocycles. The van der Waals surface area contributed by atoms with Crippen LogP contribution in [-0.2, 0) is 9.84 Å². The molecule has 0 saturated carbocycles. The minimum absolute atomic E-state index is 0.367. The summed E-state index contributed by atoms with van der Waals surface area (Å²) in [7, 11) is -1.99. The standard InChI is InChI=1S/C16H14NO3S.3C4H9.Sn/c1-11-6-8-12(9-7-11)21(18,19)16-10-13-14(17-16)4-3-5-15(13)20-2;3*1-3-4-2;/h3-9,17H,1-2H3;3*1,3-4H2,2H3;. The summed E-state index contributed by atoms with van der Waals surface area (Å²) in [4.78, 5) is 3.78. The van der Waals surface area contributed by atoms with E-state index < -0.39 is 28.2 Å². The van der Waals surface area contributed by atoms with E-state index in [1.54, 1.807) is 19.2 Å². The summed E-state index contributed by atoms with van der Waals surface area (Å²) >= 11 is -3.19. The molecule has 1 heterocycles. The Morgan fingerprint density at radius 3 is 1.91 bits per heavy atom. The van der Waals surface area contributed by atoms with Crippen molar-refractivity contribution in [2.45, 2.75) is 89.5 Å². The number of unbranched alkanes of at least 4 members (excludes halogenated alkanes) is 3. The van der Waals surface area contributed by atoms with E-state index in [0.29, 0.717) is 9.92 Å². The van der Waals surface area contributed by atoms with E-state index in [9.17, 15) is 8.42 Å². The zero-order valence-electron chi connectivity index (χ0n) is 21.5. The number of hydrogen-bond donors (Lipinski definition) is 1. The molecule has 0 saturated heterocycles. The maximum absolute atomic E-state index is 14.2. The van der Waals surface area contributed by atoms with Crippen LogP contribution in [-0.4, -0.2) is 38.9 Å². The molecule has 3 aromatic rings. The van der Waals surface area contributed by atoms with E-state index in [0.717, 1.165) is 64.3 Å². The van der Waals surface area contributed by atoms with Crippen LogP contribution < -0.4 is 8.32 Å². The molecule has 0 radical (unpaired) electrons. The zero-order chi connectivity index (χ0) is 24.8. The molecule has 4 nitrogen and oxygen atoms in total. The Balaban J connectivity index is 2.40. The third kappa shape index (κ3) is 5.51. The number of nitrogens with one attached hydrogen (secondary N) is 1. The number of aromatic nitrogens is 1. The normalized spacial score (nSPS) is 12.4. The fourth-order valence-corrected chi connectivity index (χ4v) is 26.1. The summed E-state index contributed by atoms with van der Waals surface area (Å²) in [6, 6.07) is 13.2. The van der Waals surface area contributed by atoms with Gasteiger partial charge in [0.15, 0.2) is 0 Å². The van der Waals surface area contributed by atoms with Crippen LogP contribution >= 0.6 is 0 Å². The summed E-state index contributed by atoms with van der Waals surface area (Å²) in [6.07, 6.45) is 6.89. The van der Waals surface area contributed by atoms with Crippen molar-refractivity contribution in [3.05, 3.63) is 48.0 Å². The molecule has 0 fully saturated rings. The van der Waals surface area contributed by atoms with Crippen molar-refractivity contribution in [3.63, 3.8) is 0 Å². The van der Waals surface area contributed by atoms with Gasteiger partial charge < -0.3 is 0 Å². The summed E-state index contributed by atoms with van der Waals surface area (Å²) in [5.41, 5.74) is 1.94. The summed E-state index contributed by atoms with van der Waals surface area (Å²) in [6.45, 7) is 8.72. The molecular formula is C28H41NO3SSn. The molecule has 1 N–H and O–H groups in total. The Labute approximate surface area is 210 Å². The number of sulfone groups is 1. The van der Waals surface area contributed by atoms with Crippen molar-refractivity contribution in [3.8, 4) is 5.75 Å². The number of benzene rings is 2. The van der Waals surface area contributed by atoms with Gasteiger partial charge in [0, 0.05) is 0 Å². The first-order valence-electron chi connectivity index (χ1n) is 12.9. The average molecular weight is 590 g/mol. The van der Waals surface area contributed by atoms with Gasteiger partial charge in [0.1, 0.15) is 0 Å². The quantitative estimate of drug-likeness (QED) is 0.212. The molecule has 34 heavy (non-hydrogen) atoms. The predicted octanol–water partition coefficient (Wildman–Crippen LogP) is 7.37. The topological polar surface area (TPSA) is 59.2 Å². The number of ether oxygens (including phenoxy) is 1. The van der Waals surface area contributed by atoms with Gasteiger partial charge in [-0.1, -0.05) is 0 Å².